The summed E-state index contributed by atoms with van der Waals surface area (Å²) in [5, 5.41) is 9.99. The summed E-state index contributed by atoms with van der Waals surface area (Å²) in [5.74, 6) is -1.19. The van der Waals surface area contributed by atoms with Crippen molar-refractivity contribution in [2.45, 2.75) is 5.92 Å². The lowest BCUT2D eigenvalue weighted by Gasteiger charge is -2.14. The number of benzene rings is 1. The third-order valence-corrected chi connectivity index (χ3v) is 2.32. The summed E-state index contributed by atoms with van der Waals surface area (Å²) in [6, 6.07) is 4.51. The maximum Gasteiger partial charge on any atom is 0.314 e. The van der Waals surface area contributed by atoms with Gasteiger partial charge >= 0.3 is 5.97 Å². The molecule has 0 aliphatic carbocycles. The molecule has 0 aliphatic rings. The van der Waals surface area contributed by atoms with Crippen LogP contribution in [-0.2, 0) is 9.53 Å². The van der Waals surface area contributed by atoms with Gasteiger partial charge in [-0.1, -0.05) is 17.7 Å². The van der Waals surface area contributed by atoms with Crippen molar-refractivity contribution in [2.75, 3.05) is 13.7 Å². The molecule has 0 saturated carbocycles. The fraction of sp³-hybridized carbons (Fsp3) is 0.300. The van der Waals surface area contributed by atoms with Crippen LogP contribution in [0.4, 0.5) is 0 Å². The van der Waals surface area contributed by atoms with Crippen molar-refractivity contribution in [1.29, 1.82) is 0 Å². The van der Waals surface area contributed by atoms with Crippen LogP contribution in [0.2, 0.25) is 5.02 Å². The minimum absolute atomic E-state index is 0.0525. The van der Waals surface area contributed by atoms with Crippen molar-refractivity contribution < 1.29 is 14.6 Å². The smallest absolute Gasteiger partial charge is 0.314 e. The summed E-state index contributed by atoms with van der Waals surface area (Å²) in [5.41, 5.74) is 5.87. The van der Waals surface area contributed by atoms with Gasteiger partial charge in [-0.2, -0.15) is 0 Å². The van der Waals surface area contributed by atoms with Gasteiger partial charge in [-0.25, -0.2) is 0 Å². The average Bonchev–Trinajstić information content (AvgIpc) is 2.21. The second kappa shape index (κ2) is 5.00. The zero-order valence-corrected chi connectivity index (χ0v) is 8.99. The van der Waals surface area contributed by atoms with Crippen molar-refractivity contribution in [2.24, 2.45) is 5.73 Å². The van der Waals surface area contributed by atoms with Crippen molar-refractivity contribution in [3.8, 4) is 5.75 Å². The van der Waals surface area contributed by atoms with E-state index in [1.54, 1.807) is 12.1 Å². The summed E-state index contributed by atoms with van der Waals surface area (Å²) in [7, 11) is 1.28. The van der Waals surface area contributed by atoms with Crippen LogP contribution in [0.5, 0.6) is 5.75 Å². The molecular formula is C10H12ClNO3. The number of esters is 1. The highest BCUT2D eigenvalue weighted by Crippen LogP contribution is 2.28. The molecule has 0 spiro atoms. The van der Waals surface area contributed by atoms with Crippen LogP contribution in [0.25, 0.3) is 0 Å². The number of carbonyl (C=O) groups is 1. The molecule has 0 heterocycles. The molecule has 0 saturated heterocycles. The molecule has 0 amide bonds. The SMILES string of the molecule is COC(=O)C(CN)c1ccc(Cl)cc1O. The van der Waals surface area contributed by atoms with E-state index in [0.29, 0.717) is 10.6 Å². The van der Waals surface area contributed by atoms with Crippen LogP contribution in [0.15, 0.2) is 18.2 Å². The first-order valence-electron chi connectivity index (χ1n) is 4.36. The van der Waals surface area contributed by atoms with E-state index >= 15 is 0 Å². The summed E-state index contributed by atoms with van der Waals surface area (Å²) in [6.45, 7) is 0.0713. The number of phenolic OH excluding ortho intramolecular Hbond substituents is 1. The fourth-order valence-corrected chi connectivity index (χ4v) is 1.47. The number of nitrogens with two attached hydrogens (primary N) is 1. The lowest BCUT2D eigenvalue weighted by Crippen LogP contribution is -2.22. The van der Waals surface area contributed by atoms with Crippen molar-refractivity contribution in [1.82, 2.24) is 0 Å². The molecule has 0 fully saturated rings. The molecule has 4 nitrogen and oxygen atoms in total. The quantitative estimate of drug-likeness (QED) is 0.766. The van der Waals surface area contributed by atoms with E-state index in [9.17, 15) is 9.90 Å². The highest BCUT2D eigenvalue weighted by atomic mass is 35.5. The molecule has 1 atom stereocenters. The highest BCUT2D eigenvalue weighted by Gasteiger charge is 2.22. The number of phenols is 1. The number of methoxy groups -OCH3 is 1. The van der Waals surface area contributed by atoms with Crippen molar-refractivity contribution in [3.05, 3.63) is 28.8 Å². The molecule has 0 bridgehead atoms. The second-order valence-corrected chi connectivity index (χ2v) is 3.45. The number of ether oxygens (including phenoxy) is 1. The first-order valence-corrected chi connectivity index (χ1v) is 4.74. The Bertz CT molecular complexity index is 368. The molecule has 5 heteroatoms. The van der Waals surface area contributed by atoms with E-state index in [1.807, 2.05) is 0 Å². The standard InChI is InChI=1S/C10H12ClNO3/c1-15-10(14)8(5-12)7-3-2-6(11)4-9(7)13/h2-4,8,13H,5,12H2,1H3. The monoisotopic (exact) mass is 229 g/mol. The Labute approximate surface area is 92.6 Å². The largest absolute Gasteiger partial charge is 0.508 e. The van der Waals surface area contributed by atoms with E-state index < -0.39 is 11.9 Å². The Hall–Kier alpha value is -1.26. The first-order chi connectivity index (χ1) is 7.10. The molecule has 1 unspecified atom stereocenters. The Kier molecular flexibility index (Phi) is 3.94. The van der Waals surface area contributed by atoms with Crippen LogP contribution in [-0.4, -0.2) is 24.7 Å². The molecule has 1 rings (SSSR count). The number of rotatable bonds is 3. The molecule has 1 aromatic carbocycles. The van der Waals surface area contributed by atoms with Gasteiger partial charge in [-0.05, 0) is 12.1 Å². The van der Waals surface area contributed by atoms with Gasteiger partial charge in [-0.3, -0.25) is 4.79 Å². The lowest BCUT2D eigenvalue weighted by atomic mass is 9.98. The minimum Gasteiger partial charge on any atom is -0.508 e. The zero-order valence-electron chi connectivity index (χ0n) is 8.24. The maximum atomic E-state index is 11.3. The predicted octanol–water partition coefficient (Wildman–Crippen LogP) is 1.26. The van der Waals surface area contributed by atoms with E-state index in [2.05, 4.69) is 4.74 Å². The maximum absolute atomic E-state index is 11.3. The number of hydrogen-bond acceptors (Lipinski definition) is 4. The van der Waals surface area contributed by atoms with E-state index in [1.165, 1.54) is 13.2 Å². The van der Waals surface area contributed by atoms with Gasteiger partial charge < -0.3 is 15.6 Å². The predicted molar refractivity (Wildman–Crippen MR) is 56.9 cm³/mol. The van der Waals surface area contributed by atoms with E-state index in [0.717, 1.165) is 0 Å². The molecular weight excluding hydrogens is 218 g/mol. The minimum atomic E-state index is -0.660. The highest BCUT2D eigenvalue weighted by molar-refractivity contribution is 6.30. The van der Waals surface area contributed by atoms with Crippen LogP contribution < -0.4 is 5.73 Å². The van der Waals surface area contributed by atoms with Crippen molar-refractivity contribution in [3.63, 3.8) is 0 Å². The molecule has 15 heavy (non-hydrogen) atoms. The van der Waals surface area contributed by atoms with Gasteiger partial charge in [0.2, 0.25) is 0 Å². The fourth-order valence-electron chi connectivity index (χ4n) is 1.30. The third-order valence-electron chi connectivity index (χ3n) is 2.09. The molecule has 0 aromatic heterocycles. The second-order valence-electron chi connectivity index (χ2n) is 3.01. The zero-order chi connectivity index (χ0) is 11.4. The number of carbonyl (C=O) groups excluding carboxylic acids is 1. The van der Waals surface area contributed by atoms with Crippen molar-refractivity contribution >= 4 is 17.6 Å². The van der Waals surface area contributed by atoms with Crippen LogP contribution in [0.1, 0.15) is 11.5 Å². The Balaban J connectivity index is 3.07. The van der Waals surface area contributed by atoms with Gasteiger partial charge in [0.25, 0.3) is 0 Å². The van der Waals surface area contributed by atoms with Gasteiger partial charge in [0.1, 0.15) is 5.75 Å². The average molecular weight is 230 g/mol. The number of hydrogen-bond donors (Lipinski definition) is 2. The molecule has 0 aliphatic heterocycles. The first kappa shape index (κ1) is 11.8. The summed E-state index contributed by atoms with van der Waals surface area (Å²) < 4.78 is 4.58. The summed E-state index contributed by atoms with van der Waals surface area (Å²) in [4.78, 5) is 11.3. The molecule has 3 N–H and O–H groups in total. The van der Waals surface area contributed by atoms with Crippen LogP contribution in [0.3, 0.4) is 0 Å². The molecule has 82 valence electrons. The van der Waals surface area contributed by atoms with Gasteiger partial charge in [0.05, 0.1) is 13.0 Å². The Morgan fingerprint density at radius 3 is 2.80 bits per heavy atom. The van der Waals surface area contributed by atoms with Crippen LogP contribution >= 0.6 is 11.6 Å². The normalized spacial score (nSPS) is 12.2. The molecule has 0 radical (unpaired) electrons. The Morgan fingerprint density at radius 1 is 1.67 bits per heavy atom. The van der Waals surface area contributed by atoms with Gasteiger partial charge in [0, 0.05) is 17.1 Å². The van der Waals surface area contributed by atoms with Crippen LogP contribution in [0, 0.1) is 0 Å². The summed E-state index contributed by atoms with van der Waals surface area (Å²) in [6.07, 6.45) is 0. The summed E-state index contributed by atoms with van der Waals surface area (Å²) >= 11 is 5.67. The van der Waals surface area contributed by atoms with Gasteiger partial charge in [0.15, 0.2) is 0 Å². The van der Waals surface area contributed by atoms with Gasteiger partial charge in [-0.15, -0.1) is 0 Å². The third kappa shape index (κ3) is 2.61. The number of aromatic hydroxyl groups is 1. The topological polar surface area (TPSA) is 72.5 Å². The number of halogens is 1. The Morgan fingerprint density at radius 2 is 2.33 bits per heavy atom. The molecule has 1 aromatic rings. The lowest BCUT2D eigenvalue weighted by molar-refractivity contribution is -0.142. The van der Waals surface area contributed by atoms with E-state index in [-0.39, 0.29) is 12.3 Å². The van der Waals surface area contributed by atoms with E-state index in [4.69, 9.17) is 17.3 Å².